The predicted molar refractivity (Wildman–Crippen MR) is 82.4 cm³/mol. The lowest BCUT2D eigenvalue weighted by atomic mass is 10.1. The zero-order valence-corrected chi connectivity index (χ0v) is 12.5. The summed E-state index contributed by atoms with van der Waals surface area (Å²) in [6, 6.07) is 13.5. The van der Waals surface area contributed by atoms with Gasteiger partial charge in [-0.3, -0.25) is 0 Å². The van der Waals surface area contributed by atoms with Crippen LogP contribution in [0.1, 0.15) is 17.2 Å². The van der Waals surface area contributed by atoms with Gasteiger partial charge in [-0.15, -0.1) is 0 Å². The van der Waals surface area contributed by atoms with Crippen LogP contribution in [-0.4, -0.2) is 25.5 Å². The van der Waals surface area contributed by atoms with Crippen molar-refractivity contribution >= 4 is 5.69 Å². The van der Waals surface area contributed by atoms with Gasteiger partial charge in [-0.2, -0.15) is 5.26 Å². The average molecular weight is 301 g/mol. The van der Waals surface area contributed by atoms with Gasteiger partial charge in [0, 0.05) is 6.54 Å². The van der Waals surface area contributed by atoms with Gasteiger partial charge in [0.25, 0.3) is 0 Å². The summed E-state index contributed by atoms with van der Waals surface area (Å²) < 4.78 is 27.8. The highest BCUT2D eigenvalue weighted by molar-refractivity contribution is 5.50. The number of nitrogens with zero attached hydrogens (tertiary/aromatic N) is 2. The second-order valence-electron chi connectivity index (χ2n) is 5.20. The lowest BCUT2D eigenvalue weighted by Crippen LogP contribution is -2.27. The molecular weight excluding hydrogens is 284 g/mol. The van der Waals surface area contributed by atoms with E-state index in [0.717, 1.165) is 17.7 Å². The lowest BCUT2D eigenvalue weighted by Gasteiger charge is -2.25. The standard InChI is InChI=1S/C17H17F2N3/c1-22(2)16(13-6-4-3-5-7-13)11-21-17-14(18)8-12(10-20)9-15(17)19/h3-9,16,21H,11H2,1-2H3. The Hall–Kier alpha value is -2.45. The third-order valence-corrected chi connectivity index (χ3v) is 3.45. The lowest BCUT2D eigenvalue weighted by molar-refractivity contribution is 0.311. The summed E-state index contributed by atoms with van der Waals surface area (Å²) in [6.07, 6.45) is 0. The molecule has 0 heterocycles. The van der Waals surface area contributed by atoms with Crippen LogP contribution in [0.3, 0.4) is 0 Å². The summed E-state index contributed by atoms with van der Waals surface area (Å²) in [5, 5.41) is 11.5. The number of benzene rings is 2. The van der Waals surface area contributed by atoms with Crippen molar-refractivity contribution in [3.8, 4) is 6.07 Å². The summed E-state index contributed by atoms with van der Waals surface area (Å²) in [7, 11) is 3.82. The largest absolute Gasteiger partial charge is 0.378 e. The maximum absolute atomic E-state index is 13.9. The molecule has 0 spiro atoms. The van der Waals surface area contributed by atoms with Gasteiger partial charge >= 0.3 is 0 Å². The summed E-state index contributed by atoms with van der Waals surface area (Å²) in [4.78, 5) is 1.97. The summed E-state index contributed by atoms with van der Waals surface area (Å²) in [5.41, 5.74) is 0.809. The van der Waals surface area contributed by atoms with E-state index in [9.17, 15) is 8.78 Å². The molecule has 1 N–H and O–H groups in total. The molecule has 0 fully saturated rings. The van der Waals surface area contributed by atoms with Crippen molar-refractivity contribution in [3.05, 3.63) is 65.2 Å². The van der Waals surface area contributed by atoms with Gasteiger partial charge in [-0.05, 0) is 31.8 Å². The van der Waals surface area contributed by atoms with E-state index in [0.29, 0.717) is 6.54 Å². The normalized spacial score (nSPS) is 12.0. The molecular formula is C17H17F2N3. The predicted octanol–water partition coefficient (Wildman–Crippen LogP) is 3.55. The molecule has 0 aliphatic rings. The van der Waals surface area contributed by atoms with Crippen LogP contribution in [0.4, 0.5) is 14.5 Å². The minimum absolute atomic E-state index is 0.0318. The molecule has 114 valence electrons. The van der Waals surface area contributed by atoms with E-state index >= 15 is 0 Å². The van der Waals surface area contributed by atoms with E-state index in [4.69, 9.17) is 5.26 Å². The van der Waals surface area contributed by atoms with Crippen LogP contribution >= 0.6 is 0 Å². The van der Waals surface area contributed by atoms with Gasteiger partial charge < -0.3 is 10.2 Å². The summed E-state index contributed by atoms with van der Waals surface area (Å²) >= 11 is 0. The highest BCUT2D eigenvalue weighted by atomic mass is 19.1. The first kappa shape index (κ1) is 15.9. The van der Waals surface area contributed by atoms with Crippen molar-refractivity contribution in [2.24, 2.45) is 0 Å². The van der Waals surface area contributed by atoms with Crippen molar-refractivity contribution < 1.29 is 8.78 Å². The van der Waals surface area contributed by atoms with Crippen molar-refractivity contribution in [2.45, 2.75) is 6.04 Å². The molecule has 3 nitrogen and oxygen atoms in total. The Balaban J connectivity index is 2.19. The van der Waals surface area contributed by atoms with Crippen molar-refractivity contribution in [1.29, 1.82) is 5.26 Å². The molecule has 22 heavy (non-hydrogen) atoms. The Morgan fingerprint density at radius 3 is 2.23 bits per heavy atom. The number of likely N-dealkylation sites (N-methyl/N-ethyl adjacent to an activating group) is 1. The van der Waals surface area contributed by atoms with E-state index in [-0.39, 0.29) is 17.3 Å². The summed E-state index contributed by atoms with van der Waals surface area (Å²) in [5.74, 6) is -1.52. The Morgan fingerprint density at radius 2 is 1.73 bits per heavy atom. The van der Waals surface area contributed by atoms with Gasteiger partial charge in [-0.25, -0.2) is 8.78 Å². The minimum Gasteiger partial charge on any atom is -0.378 e. The van der Waals surface area contributed by atoms with Crippen LogP contribution in [0.25, 0.3) is 0 Å². The SMILES string of the molecule is CN(C)C(CNc1c(F)cc(C#N)cc1F)c1ccccc1. The van der Waals surface area contributed by atoms with Gasteiger partial charge in [0.1, 0.15) is 5.69 Å². The molecule has 0 amide bonds. The molecule has 0 saturated heterocycles. The van der Waals surface area contributed by atoms with Gasteiger partial charge in [0.05, 0.1) is 17.7 Å². The molecule has 0 bridgehead atoms. The second kappa shape index (κ2) is 7.01. The fourth-order valence-corrected chi connectivity index (χ4v) is 2.28. The molecule has 0 aliphatic heterocycles. The van der Waals surface area contributed by atoms with E-state index < -0.39 is 11.6 Å². The fraction of sp³-hybridized carbons (Fsp3) is 0.235. The number of anilines is 1. The number of hydrogen-bond acceptors (Lipinski definition) is 3. The maximum atomic E-state index is 13.9. The molecule has 5 heteroatoms. The van der Waals surface area contributed by atoms with Crippen molar-refractivity contribution in [3.63, 3.8) is 0 Å². The number of nitriles is 1. The first-order valence-corrected chi connectivity index (χ1v) is 6.87. The Morgan fingerprint density at radius 1 is 1.14 bits per heavy atom. The fourth-order valence-electron chi connectivity index (χ4n) is 2.28. The van der Waals surface area contributed by atoms with E-state index in [1.54, 1.807) is 6.07 Å². The second-order valence-corrected chi connectivity index (χ2v) is 5.20. The molecule has 2 aromatic rings. The van der Waals surface area contributed by atoms with E-state index in [1.165, 1.54) is 0 Å². The van der Waals surface area contributed by atoms with Crippen LogP contribution in [0.5, 0.6) is 0 Å². The third-order valence-electron chi connectivity index (χ3n) is 3.45. The third kappa shape index (κ3) is 3.60. The van der Waals surface area contributed by atoms with Crippen LogP contribution in [-0.2, 0) is 0 Å². The molecule has 1 atom stereocenters. The number of hydrogen-bond donors (Lipinski definition) is 1. The smallest absolute Gasteiger partial charge is 0.150 e. The number of nitrogens with one attached hydrogen (secondary N) is 1. The van der Waals surface area contributed by atoms with E-state index in [1.807, 2.05) is 49.3 Å². The first-order valence-electron chi connectivity index (χ1n) is 6.87. The topological polar surface area (TPSA) is 39.1 Å². The Kier molecular flexibility index (Phi) is 5.08. The Bertz CT molecular complexity index is 655. The average Bonchev–Trinajstić information content (AvgIpc) is 2.50. The van der Waals surface area contributed by atoms with Gasteiger partial charge in [-0.1, -0.05) is 30.3 Å². The Labute approximate surface area is 128 Å². The summed E-state index contributed by atoms with van der Waals surface area (Å²) in [6.45, 7) is 0.344. The van der Waals surface area contributed by atoms with Crippen LogP contribution in [0.15, 0.2) is 42.5 Å². The van der Waals surface area contributed by atoms with Crippen LogP contribution < -0.4 is 5.32 Å². The zero-order valence-electron chi connectivity index (χ0n) is 12.5. The molecule has 1 unspecified atom stereocenters. The van der Waals surface area contributed by atoms with Crippen molar-refractivity contribution in [2.75, 3.05) is 26.0 Å². The van der Waals surface area contributed by atoms with E-state index in [2.05, 4.69) is 5.32 Å². The molecule has 0 saturated carbocycles. The van der Waals surface area contributed by atoms with Crippen LogP contribution in [0, 0.1) is 23.0 Å². The molecule has 2 aromatic carbocycles. The first-order chi connectivity index (χ1) is 10.5. The van der Waals surface area contributed by atoms with Crippen molar-refractivity contribution in [1.82, 2.24) is 4.90 Å². The molecule has 0 radical (unpaired) electrons. The van der Waals surface area contributed by atoms with Gasteiger partial charge in [0.2, 0.25) is 0 Å². The number of rotatable bonds is 5. The highest BCUT2D eigenvalue weighted by Gasteiger charge is 2.16. The monoisotopic (exact) mass is 301 g/mol. The number of halogens is 2. The maximum Gasteiger partial charge on any atom is 0.150 e. The van der Waals surface area contributed by atoms with Crippen LogP contribution in [0.2, 0.25) is 0 Å². The molecule has 2 rings (SSSR count). The molecule has 0 aliphatic carbocycles. The minimum atomic E-state index is -0.762. The molecule has 0 aromatic heterocycles. The van der Waals surface area contributed by atoms with Gasteiger partial charge in [0.15, 0.2) is 11.6 Å². The highest BCUT2D eigenvalue weighted by Crippen LogP contribution is 2.23. The zero-order chi connectivity index (χ0) is 16.1. The quantitative estimate of drug-likeness (QED) is 0.918.